The predicted molar refractivity (Wildman–Crippen MR) is 86.3 cm³/mol. The third-order valence-corrected chi connectivity index (χ3v) is 6.35. The number of nitrogens with two attached hydrogens (primary N) is 1. The van der Waals surface area contributed by atoms with Crippen LogP contribution in [0.25, 0.3) is 11.1 Å². The Bertz CT molecular complexity index is 800. The SMILES string of the molecule is CCc1noc2ncc(S(=O)(=O)N3CCCC(C(C)N)C3)cc12. The summed E-state index contributed by atoms with van der Waals surface area (Å²) in [6, 6.07) is 1.60. The molecule has 0 radical (unpaired) electrons. The minimum absolute atomic E-state index is 0.0154. The molecule has 8 heteroatoms. The Labute approximate surface area is 135 Å². The van der Waals surface area contributed by atoms with Gasteiger partial charge in [0.25, 0.3) is 5.71 Å². The zero-order valence-corrected chi connectivity index (χ0v) is 14.2. The molecule has 2 N–H and O–H groups in total. The van der Waals surface area contributed by atoms with E-state index in [0.29, 0.717) is 30.6 Å². The number of aromatic nitrogens is 2. The molecule has 0 bridgehead atoms. The number of hydrogen-bond acceptors (Lipinski definition) is 6. The highest BCUT2D eigenvalue weighted by molar-refractivity contribution is 7.89. The van der Waals surface area contributed by atoms with E-state index in [1.54, 1.807) is 6.07 Å². The Balaban J connectivity index is 1.95. The van der Waals surface area contributed by atoms with Crippen LogP contribution < -0.4 is 5.73 Å². The second-order valence-electron chi connectivity index (χ2n) is 6.13. The lowest BCUT2D eigenvalue weighted by Gasteiger charge is -2.33. The van der Waals surface area contributed by atoms with Gasteiger partial charge in [-0.1, -0.05) is 12.1 Å². The maximum atomic E-state index is 12.9. The molecule has 1 fully saturated rings. The lowest BCUT2D eigenvalue weighted by Crippen LogP contribution is -2.44. The van der Waals surface area contributed by atoms with E-state index in [1.807, 2.05) is 13.8 Å². The molecular formula is C15H22N4O3S. The number of aryl methyl sites for hydroxylation is 1. The highest BCUT2D eigenvalue weighted by Gasteiger charge is 2.32. The average molecular weight is 338 g/mol. The maximum absolute atomic E-state index is 12.9. The molecule has 1 aliphatic heterocycles. The smallest absolute Gasteiger partial charge is 0.258 e. The maximum Gasteiger partial charge on any atom is 0.258 e. The summed E-state index contributed by atoms with van der Waals surface area (Å²) < 4.78 is 32.5. The molecule has 7 nitrogen and oxygen atoms in total. The topological polar surface area (TPSA) is 102 Å². The fraction of sp³-hybridized carbons (Fsp3) is 0.600. The molecule has 23 heavy (non-hydrogen) atoms. The fourth-order valence-electron chi connectivity index (χ4n) is 3.03. The molecule has 2 aromatic rings. The van der Waals surface area contributed by atoms with Crippen molar-refractivity contribution in [2.45, 2.75) is 44.0 Å². The van der Waals surface area contributed by atoms with E-state index >= 15 is 0 Å². The van der Waals surface area contributed by atoms with Crippen molar-refractivity contribution in [3.05, 3.63) is 18.0 Å². The summed E-state index contributed by atoms with van der Waals surface area (Å²) in [4.78, 5) is 4.29. The first-order chi connectivity index (χ1) is 10.9. The van der Waals surface area contributed by atoms with Gasteiger partial charge in [0.15, 0.2) is 0 Å². The summed E-state index contributed by atoms with van der Waals surface area (Å²) in [5.41, 5.74) is 7.04. The van der Waals surface area contributed by atoms with Gasteiger partial charge in [-0.2, -0.15) is 4.31 Å². The van der Waals surface area contributed by atoms with Gasteiger partial charge in [0.1, 0.15) is 4.90 Å². The standard InChI is InChI=1S/C15H22N4O3S/c1-3-14-13-7-12(8-17-15(13)22-18-14)23(20,21)19-6-4-5-11(9-19)10(2)16/h7-8,10-11H,3-6,9,16H2,1-2H3. The molecule has 2 atom stereocenters. The van der Waals surface area contributed by atoms with E-state index in [1.165, 1.54) is 10.5 Å². The summed E-state index contributed by atoms with van der Waals surface area (Å²) in [7, 11) is -3.58. The number of hydrogen-bond donors (Lipinski definition) is 1. The molecule has 3 heterocycles. The van der Waals surface area contributed by atoms with E-state index in [-0.39, 0.29) is 16.9 Å². The van der Waals surface area contributed by atoms with Crippen LogP contribution in [0.5, 0.6) is 0 Å². The average Bonchev–Trinajstić information content (AvgIpc) is 2.97. The van der Waals surface area contributed by atoms with Crippen LogP contribution in [-0.4, -0.2) is 42.0 Å². The van der Waals surface area contributed by atoms with E-state index in [9.17, 15) is 8.42 Å². The van der Waals surface area contributed by atoms with Crippen LogP contribution in [0.4, 0.5) is 0 Å². The van der Waals surface area contributed by atoms with Crippen LogP contribution in [0.2, 0.25) is 0 Å². The monoisotopic (exact) mass is 338 g/mol. The molecule has 2 aromatic heterocycles. The van der Waals surface area contributed by atoms with Crippen LogP contribution in [-0.2, 0) is 16.4 Å². The first-order valence-corrected chi connectivity index (χ1v) is 9.37. The third-order valence-electron chi connectivity index (χ3n) is 4.52. The largest absolute Gasteiger partial charge is 0.336 e. The molecule has 126 valence electrons. The zero-order valence-electron chi connectivity index (χ0n) is 13.4. The number of fused-ring (bicyclic) bond motifs is 1. The van der Waals surface area contributed by atoms with Gasteiger partial charge >= 0.3 is 0 Å². The van der Waals surface area contributed by atoms with Crippen molar-refractivity contribution < 1.29 is 12.9 Å². The van der Waals surface area contributed by atoms with Gasteiger partial charge in [0.2, 0.25) is 10.0 Å². The fourth-order valence-corrected chi connectivity index (χ4v) is 4.53. The highest BCUT2D eigenvalue weighted by Crippen LogP contribution is 2.27. The lowest BCUT2D eigenvalue weighted by atomic mass is 9.93. The van der Waals surface area contributed by atoms with Crippen molar-refractivity contribution in [1.29, 1.82) is 0 Å². The molecule has 0 spiro atoms. The van der Waals surface area contributed by atoms with E-state index < -0.39 is 10.0 Å². The van der Waals surface area contributed by atoms with E-state index in [4.69, 9.17) is 10.3 Å². The second-order valence-corrected chi connectivity index (χ2v) is 8.07. The van der Waals surface area contributed by atoms with Gasteiger partial charge in [-0.25, -0.2) is 13.4 Å². The van der Waals surface area contributed by atoms with Gasteiger partial charge in [-0.05, 0) is 38.2 Å². The molecule has 1 aliphatic rings. The Morgan fingerprint density at radius 2 is 2.30 bits per heavy atom. The van der Waals surface area contributed by atoms with Crippen molar-refractivity contribution in [3.63, 3.8) is 0 Å². The summed E-state index contributed by atoms with van der Waals surface area (Å²) >= 11 is 0. The summed E-state index contributed by atoms with van der Waals surface area (Å²) in [5, 5.41) is 4.58. The molecule has 3 rings (SSSR count). The minimum atomic E-state index is -3.58. The van der Waals surface area contributed by atoms with Crippen molar-refractivity contribution in [1.82, 2.24) is 14.4 Å². The molecule has 0 aliphatic carbocycles. The minimum Gasteiger partial charge on any atom is -0.336 e. The van der Waals surface area contributed by atoms with Crippen LogP contribution in [0.3, 0.4) is 0 Å². The van der Waals surface area contributed by atoms with Crippen molar-refractivity contribution in [2.75, 3.05) is 13.1 Å². The van der Waals surface area contributed by atoms with Crippen molar-refractivity contribution in [3.8, 4) is 0 Å². The molecule has 1 saturated heterocycles. The number of sulfonamides is 1. The number of nitrogens with zero attached hydrogens (tertiary/aromatic N) is 3. The first kappa shape index (κ1) is 16.4. The second kappa shape index (κ2) is 6.18. The zero-order chi connectivity index (χ0) is 16.6. The molecular weight excluding hydrogens is 316 g/mol. The van der Waals surface area contributed by atoms with Gasteiger partial charge in [0.05, 0.1) is 17.3 Å². The van der Waals surface area contributed by atoms with Crippen LogP contribution in [0, 0.1) is 5.92 Å². The molecule has 0 aromatic carbocycles. The third kappa shape index (κ3) is 2.98. The Morgan fingerprint density at radius 1 is 1.52 bits per heavy atom. The van der Waals surface area contributed by atoms with E-state index in [0.717, 1.165) is 18.5 Å². The summed E-state index contributed by atoms with van der Waals surface area (Å²) in [6.07, 6.45) is 3.80. The molecule has 0 saturated carbocycles. The summed E-state index contributed by atoms with van der Waals surface area (Å²) in [5.74, 6) is 0.192. The van der Waals surface area contributed by atoms with Crippen molar-refractivity contribution in [2.24, 2.45) is 11.7 Å². The quantitative estimate of drug-likeness (QED) is 0.907. The van der Waals surface area contributed by atoms with Gasteiger partial charge in [0, 0.05) is 19.1 Å². The Hall–Kier alpha value is -1.51. The van der Waals surface area contributed by atoms with Crippen LogP contribution >= 0.6 is 0 Å². The number of pyridine rings is 1. The summed E-state index contributed by atoms with van der Waals surface area (Å²) in [6.45, 7) is 4.85. The van der Waals surface area contributed by atoms with Crippen LogP contribution in [0.15, 0.2) is 21.7 Å². The normalized spacial score (nSPS) is 21.6. The Morgan fingerprint density at radius 3 is 3.00 bits per heavy atom. The highest BCUT2D eigenvalue weighted by atomic mass is 32.2. The number of piperidine rings is 1. The van der Waals surface area contributed by atoms with E-state index in [2.05, 4.69) is 10.1 Å². The Kier molecular flexibility index (Phi) is 4.39. The number of rotatable bonds is 4. The van der Waals surface area contributed by atoms with Gasteiger partial charge in [-0.15, -0.1) is 0 Å². The lowest BCUT2D eigenvalue weighted by molar-refractivity contribution is 0.243. The van der Waals surface area contributed by atoms with Gasteiger partial charge < -0.3 is 10.3 Å². The molecule has 2 unspecified atom stereocenters. The molecule has 0 amide bonds. The van der Waals surface area contributed by atoms with Crippen molar-refractivity contribution >= 4 is 21.1 Å². The van der Waals surface area contributed by atoms with Gasteiger partial charge in [-0.3, -0.25) is 0 Å². The predicted octanol–water partition coefficient (Wildman–Crippen LogP) is 1.53. The first-order valence-electron chi connectivity index (χ1n) is 7.93. The van der Waals surface area contributed by atoms with Crippen LogP contribution in [0.1, 0.15) is 32.4 Å².